The maximum Gasteiger partial charge on any atom is 0.194 e. The van der Waals surface area contributed by atoms with Crippen molar-refractivity contribution in [2.45, 2.75) is 65.0 Å². The molecule has 1 N–H and O–H groups in total. The highest BCUT2D eigenvalue weighted by atomic mass is 127. The lowest BCUT2D eigenvalue weighted by atomic mass is 10.1. The number of aliphatic imine (C=N–C) groups is 1. The van der Waals surface area contributed by atoms with E-state index in [0.717, 1.165) is 62.6 Å². The van der Waals surface area contributed by atoms with E-state index in [9.17, 15) is 0 Å². The van der Waals surface area contributed by atoms with Gasteiger partial charge in [-0.2, -0.15) is 0 Å². The SMILES string of the molecule is CCNC(=NCc1nnc(C)n1C)N1CCC(OCC2CCCC2)CC1.I. The maximum atomic E-state index is 6.19. The second-order valence-corrected chi connectivity index (χ2v) is 7.56. The van der Waals surface area contributed by atoms with E-state index in [1.807, 2.05) is 18.5 Å². The van der Waals surface area contributed by atoms with Crippen LogP contribution in [0.3, 0.4) is 0 Å². The van der Waals surface area contributed by atoms with Crippen LogP contribution in [0.15, 0.2) is 4.99 Å². The minimum absolute atomic E-state index is 0. The summed E-state index contributed by atoms with van der Waals surface area (Å²) < 4.78 is 8.19. The molecule has 0 radical (unpaired) electrons. The Morgan fingerprint density at radius 1 is 1.19 bits per heavy atom. The molecule has 1 aliphatic heterocycles. The summed E-state index contributed by atoms with van der Waals surface area (Å²) in [5.41, 5.74) is 0. The van der Waals surface area contributed by atoms with E-state index in [1.165, 1.54) is 25.7 Å². The molecule has 3 rings (SSSR count). The molecule has 1 aromatic heterocycles. The summed E-state index contributed by atoms with van der Waals surface area (Å²) in [7, 11) is 1.99. The standard InChI is InChI=1S/C19H34N6O.HI/c1-4-20-19(21-13-18-23-22-15(2)24(18)3)25-11-9-17(10-12-25)26-14-16-7-5-6-8-16;/h16-17H,4-14H2,1-3H3,(H,20,21);1H. The Bertz CT molecular complexity index is 591. The zero-order chi connectivity index (χ0) is 18.4. The summed E-state index contributed by atoms with van der Waals surface area (Å²) in [6.07, 6.45) is 8.08. The van der Waals surface area contributed by atoms with E-state index in [0.29, 0.717) is 12.6 Å². The molecule has 7 nitrogen and oxygen atoms in total. The van der Waals surface area contributed by atoms with Crippen LogP contribution < -0.4 is 5.32 Å². The van der Waals surface area contributed by atoms with Crippen molar-refractivity contribution in [3.8, 4) is 0 Å². The van der Waals surface area contributed by atoms with E-state index in [2.05, 4.69) is 27.3 Å². The Labute approximate surface area is 180 Å². The molecule has 0 atom stereocenters. The average Bonchev–Trinajstić information content (AvgIpc) is 3.29. The Kier molecular flexibility index (Phi) is 9.28. The van der Waals surface area contributed by atoms with Gasteiger partial charge in [0, 0.05) is 33.3 Å². The van der Waals surface area contributed by atoms with Gasteiger partial charge in [-0.05, 0) is 45.4 Å². The van der Waals surface area contributed by atoms with Crippen molar-refractivity contribution in [3.05, 3.63) is 11.6 Å². The molecule has 0 unspecified atom stereocenters. The third-order valence-corrected chi connectivity index (χ3v) is 5.67. The molecule has 0 bridgehead atoms. The molecule has 0 spiro atoms. The summed E-state index contributed by atoms with van der Waals surface area (Å²) in [5, 5.41) is 11.7. The molecule has 1 aliphatic carbocycles. The smallest absolute Gasteiger partial charge is 0.194 e. The number of nitrogens with zero attached hydrogens (tertiary/aromatic N) is 5. The number of rotatable bonds is 6. The van der Waals surface area contributed by atoms with Gasteiger partial charge in [-0.25, -0.2) is 4.99 Å². The van der Waals surface area contributed by atoms with Crippen molar-refractivity contribution < 1.29 is 4.74 Å². The van der Waals surface area contributed by atoms with Crippen LogP contribution >= 0.6 is 24.0 Å². The van der Waals surface area contributed by atoms with Crippen LogP contribution in [0.5, 0.6) is 0 Å². The van der Waals surface area contributed by atoms with Gasteiger partial charge in [0.2, 0.25) is 0 Å². The van der Waals surface area contributed by atoms with E-state index in [1.54, 1.807) is 0 Å². The Morgan fingerprint density at radius 3 is 2.48 bits per heavy atom. The lowest BCUT2D eigenvalue weighted by molar-refractivity contribution is 0.00101. The normalized spacial score (nSPS) is 19.4. The maximum absolute atomic E-state index is 6.19. The highest BCUT2D eigenvalue weighted by molar-refractivity contribution is 14.0. The molecule has 0 amide bonds. The predicted molar refractivity (Wildman–Crippen MR) is 118 cm³/mol. The summed E-state index contributed by atoms with van der Waals surface area (Å²) in [4.78, 5) is 7.13. The van der Waals surface area contributed by atoms with Gasteiger partial charge in [-0.1, -0.05) is 12.8 Å². The van der Waals surface area contributed by atoms with Gasteiger partial charge in [0.15, 0.2) is 11.8 Å². The van der Waals surface area contributed by atoms with Crippen LogP contribution in [-0.4, -0.2) is 58.0 Å². The Balaban J connectivity index is 0.00000261. The van der Waals surface area contributed by atoms with Crippen molar-refractivity contribution in [2.75, 3.05) is 26.2 Å². The number of halogens is 1. The van der Waals surface area contributed by atoms with Crippen LogP contribution in [-0.2, 0) is 18.3 Å². The number of hydrogen-bond acceptors (Lipinski definition) is 4. The third-order valence-electron chi connectivity index (χ3n) is 5.67. The molecule has 2 aliphatic rings. The third kappa shape index (κ3) is 6.30. The van der Waals surface area contributed by atoms with Gasteiger partial charge >= 0.3 is 0 Å². The fourth-order valence-corrected chi connectivity index (χ4v) is 3.84. The molecule has 154 valence electrons. The molecule has 1 saturated carbocycles. The summed E-state index contributed by atoms with van der Waals surface area (Å²) in [5.74, 6) is 3.59. The fourth-order valence-electron chi connectivity index (χ4n) is 3.84. The molecular formula is C19H35IN6O. The number of nitrogens with one attached hydrogen (secondary N) is 1. The van der Waals surface area contributed by atoms with Crippen molar-refractivity contribution in [1.29, 1.82) is 0 Å². The quantitative estimate of drug-likeness (QED) is 0.378. The number of guanidine groups is 1. The highest BCUT2D eigenvalue weighted by Crippen LogP contribution is 2.26. The molecule has 8 heteroatoms. The summed E-state index contributed by atoms with van der Waals surface area (Å²) >= 11 is 0. The van der Waals surface area contributed by atoms with Gasteiger partial charge in [0.25, 0.3) is 0 Å². The second kappa shape index (κ2) is 11.2. The largest absolute Gasteiger partial charge is 0.378 e. The van der Waals surface area contributed by atoms with Crippen molar-refractivity contribution in [3.63, 3.8) is 0 Å². The molecule has 0 aromatic carbocycles. The molecular weight excluding hydrogens is 455 g/mol. The van der Waals surface area contributed by atoms with E-state index in [4.69, 9.17) is 9.73 Å². The van der Waals surface area contributed by atoms with Crippen LogP contribution in [0, 0.1) is 12.8 Å². The molecule has 1 aromatic rings. The predicted octanol–water partition coefficient (Wildman–Crippen LogP) is 2.88. The minimum Gasteiger partial charge on any atom is -0.378 e. The highest BCUT2D eigenvalue weighted by Gasteiger charge is 2.24. The zero-order valence-electron chi connectivity index (χ0n) is 17.0. The number of ether oxygens (including phenoxy) is 1. The van der Waals surface area contributed by atoms with E-state index >= 15 is 0 Å². The number of aromatic nitrogens is 3. The molecule has 2 fully saturated rings. The summed E-state index contributed by atoms with van der Waals surface area (Å²) in [6, 6.07) is 0. The number of aryl methyl sites for hydroxylation is 1. The van der Waals surface area contributed by atoms with Crippen LogP contribution in [0.4, 0.5) is 0 Å². The average molecular weight is 490 g/mol. The first-order valence-electron chi connectivity index (χ1n) is 10.2. The lowest BCUT2D eigenvalue weighted by Gasteiger charge is -2.34. The van der Waals surface area contributed by atoms with Gasteiger partial charge < -0.3 is 19.5 Å². The van der Waals surface area contributed by atoms with Crippen molar-refractivity contribution >= 4 is 29.9 Å². The van der Waals surface area contributed by atoms with E-state index in [-0.39, 0.29) is 24.0 Å². The monoisotopic (exact) mass is 490 g/mol. The van der Waals surface area contributed by atoms with Gasteiger partial charge in [0.05, 0.1) is 6.10 Å². The van der Waals surface area contributed by atoms with Crippen LogP contribution in [0.2, 0.25) is 0 Å². The zero-order valence-corrected chi connectivity index (χ0v) is 19.3. The number of likely N-dealkylation sites (tertiary alicyclic amines) is 1. The molecule has 1 saturated heterocycles. The van der Waals surface area contributed by atoms with Gasteiger partial charge in [-0.15, -0.1) is 34.2 Å². The minimum atomic E-state index is 0. The van der Waals surface area contributed by atoms with Gasteiger partial charge in [0.1, 0.15) is 12.4 Å². The topological polar surface area (TPSA) is 67.6 Å². The molecule has 2 heterocycles. The van der Waals surface area contributed by atoms with Crippen molar-refractivity contribution in [1.82, 2.24) is 25.0 Å². The van der Waals surface area contributed by atoms with Gasteiger partial charge in [-0.3, -0.25) is 0 Å². The number of piperidine rings is 1. The van der Waals surface area contributed by atoms with Crippen molar-refractivity contribution in [2.24, 2.45) is 18.0 Å². The molecule has 27 heavy (non-hydrogen) atoms. The lowest BCUT2D eigenvalue weighted by Crippen LogP contribution is -2.47. The summed E-state index contributed by atoms with van der Waals surface area (Å²) in [6.45, 7) is 8.45. The first kappa shape index (κ1) is 22.4. The first-order chi connectivity index (χ1) is 12.7. The Morgan fingerprint density at radius 2 is 1.89 bits per heavy atom. The second-order valence-electron chi connectivity index (χ2n) is 7.56. The van der Waals surface area contributed by atoms with E-state index < -0.39 is 0 Å². The first-order valence-corrected chi connectivity index (χ1v) is 10.2. The van der Waals surface area contributed by atoms with Crippen LogP contribution in [0.1, 0.15) is 57.1 Å². The van der Waals surface area contributed by atoms with Crippen LogP contribution in [0.25, 0.3) is 0 Å². The number of hydrogen-bond donors (Lipinski definition) is 1. The Hall–Kier alpha value is -0.900. The fraction of sp³-hybridized carbons (Fsp3) is 0.842.